The molecule has 1 saturated heterocycles. The molecular weight excluding hydrogens is 290 g/mol. The number of rotatable bonds is 2. The van der Waals surface area contributed by atoms with Crippen molar-refractivity contribution in [2.75, 3.05) is 32.4 Å². The van der Waals surface area contributed by atoms with Gasteiger partial charge in [0, 0.05) is 35.8 Å². The zero-order valence-electron chi connectivity index (χ0n) is 11.2. The van der Waals surface area contributed by atoms with Crippen LogP contribution < -0.4 is 5.73 Å². The number of benzene rings is 1. The summed E-state index contributed by atoms with van der Waals surface area (Å²) in [6, 6.07) is 6.71. The Kier molecular flexibility index (Phi) is 4.65. The van der Waals surface area contributed by atoms with Crippen LogP contribution in [0.3, 0.4) is 0 Å². The lowest BCUT2D eigenvalue weighted by molar-refractivity contribution is 0.194. The average Bonchev–Trinajstić information content (AvgIpc) is 2.47. The molecule has 1 atom stereocenters. The highest BCUT2D eigenvalue weighted by Crippen LogP contribution is 2.26. The van der Waals surface area contributed by atoms with E-state index >= 15 is 0 Å². The summed E-state index contributed by atoms with van der Waals surface area (Å²) in [5.74, 6) is 0. The Balaban J connectivity index is 2.10. The fourth-order valence-corrected chi connectivity index (χ4v) is 2.99. The summed E-state index contributed by atoms with van der Waals surface area (Å²) < 4.78 is 1.05. The van der Waals surface area contributed by atoms with Crippen LogP contribution in [0.15, 0.2) is 22.7 Å². The number of nitrogen functional groups attached to an aromatic ring is 1. The lowest BCUT2D eigenvalue weighted by Gasteiger charge is -2.28. The van der Waals surface area contributed by atoms with E-state index in [0.29, 0.717) is 6.04 Å². The molecule has 3 nitrogen and oxygen atoms in total. The van der Waals surface area contributed by atoms with Gasteiger partial charge in [0.25, 0.3) is 0 Å². The first kappa shape index (κ1) is 13.8. The molecule has 1 aliphatic heterocycles. The Labute approximate surface area is 118 Å². The number of nitrogens with two attached hydrogens (primary N) is 1. The Morgan fingerprint density at radius 2 is 2.17 bits per heavy atom. The zero-order chi connectivity index (χ0) is 13.1. The lowest BCUT2D eigenvalue weighted by atomic mass is 10.1. The quantitative estimate of drug-likeness (QED) is 0.852. The maximum atomic E-state index is 5.94. The minimum absolute atomic E-state index is 0.589. The van der Waals surface area contributed by atoms with Crippen molar-refractivity contribution in [3.63, 3.8) is 0 Å². The Bertz CT molecular complexity index is 408. The second kappa shape index (κ2) is 6.04. The summed E-state index contributed by atoms with van der Waals surface area (Å²) in [5, 5.41) is 0. The molecule has 1 fully saturated rings. The van der Waals surface area contributed by atoms with Gasteiger partial charge in [0.05, 0.1) is 0 Å². The van der Waals surface area contributed by atoms with Gasteiger partial charge in [-0.3, -0.25) is 4.90 Å². The van der Waals surface area contributed by atoms with E-state index in [1.165, 1.54) is 18.5 Å². The highest BCUT2D eigenvalue weighted by atomic mass is 79.9. The van der Waals surface area contributed by atoms with Gasteiger partial charge in [-0.15, -0.1) is 0 Å². The highest BCUT2D eigenvalue weighted by Gasteiger charge is 2.20. The van der Waals surface area contributed by atoms with E-state index in [-0.39, 0.29) is 0 Å². The molecule has 0 bridgehead atoms. The average molecular weight is 312 g/mol. The van der Waals surface area contributed by atoms with E-state index in [0.717, 1.165) is 29.8 Å². The highest BCUT2D eigenvalue weighted by molar-refractivity contribution is 9.10. The summed E-state index contributed by atoms with van der Waals surface area (Å²) in [6.07, 6.45) is 1.24. The van der Waals surface area contributed by atoms with Gasteiger partial charge in [-0.1, -0.05) is 12.1 Å². The first-order valence-corrected chi connectivity index (χ1v) is 7.32. The standard InChI is InChI=1S/C14H22BrN3/c1-11-9-17(2)7-4-8-18(11)10-12-5-3-6-13(16)14(12)15/h3,5-6,11H,4,7-10,16H2,1-2H3. The van der Waals surface area contributed by atoms with Gasteiger partial charge < -0.3 is 10.6 Å². The molecule has 2 rings (SSSR count). The van der Waals surface area contributed by atoms with Gasteiger partial charge >= 0.3 is 0 Å². The normalized spacial score (nSPS) is 22.9. The topological polar surface area (TPSA) is 32.5 Å². The molecule has 1 aromatic rings. The molecule has 0 spiro atoms. The molecule has 18 heavy (non-hydrogen) atoms. The predicted octanol–water partition coefficient (Wildman–Crippen LogP) is 2.56. The molecule has 0 saturated carbocycles. The third-order valence-electron chi connectivity index (χ3n) is 3.67. The fourth-order valence-electron chi connectivity index (χ4n) is 2.60. The summed E-state index contributed by atoms with van der Waals surface area (Å²) in [7, 11) is 2.20. The third kappa shape index (κ3) is 3.25. The second-order valence-electron chi connectivity index (χ2n) is 5.26. The second-order valence-corrected chi connectivity index (χ2v) is 6.05. The molecule has 0 amide bonds. The van der Waals surface area contributed by atoms with E-state index in [9.17, 15) is 0 Å². The van der Waals surface area contributed by atoms with Crippen molar-refractivity contribution in [2.24, 2.45) is 0 Å². The first-order chi connectivity index (χ1) is 8.58. The molecule has 4 heteroatoms. The van der Waals surface area contributed by atoms with Crippen molar-refractivity contribution in [1.82, 2.24) is 9.80 Å². The Hall–Kier alpha value is -0.580. The van der Waals surface area contributed by atoms with Crippen molar-refractivity contribution in [2.45, 2.75) is 25.9 Å². The minimum atomic E-state index is 0.589. The van der Waals surface area contributed by atoms with Crippen LogP contribution in [0.4, 0.5) is 5.69 Å². The number of halogens is 1. The molecule has 1 unspecified atom stereocenters. The zero-order valence-corrected chi connectivity index (χ0v) is 12.8. The minimum Gasteiger partial charge on any atom is -0.398 e. The van der Waals surface area contributed by atoms with Gasteiger partial charge in [-0.05, 0) is 54.5 Å². The fraction of sp³-hybridized carbons (Fsp3) is 0.571. The van der Waals surface area contributed by atoms with E-state index < -0.39 is 0 Å². The van der Waals surface area contributed by atoms with Gasteiger partial charge in [-0.25, -0.2) is 0 Å². The molecular formula is C14H22BrN3. The van der Waals surface area contributed by atoms with Crippen LogP contribution in [-0.4, -0.2) is 42.5 Å². The van der Waals surface area contributed by atoms with Gasteiger partial charge in [0.15, 0.2) is 0 Å². The van der Waals surface area contributed by atoms with Gasteiger partial charge in [0.1, 0.15) is 0 Å². The first-order valence-electron chi connectivity index (χ1n) is 6.53. The number of hydrogen-bond acceptors (Lipinski definition) is 3. The molecule has 1 heterocycles. The van der Waals surface area contributed by atoms with E-state index in [1.807, 2.05) is 12.1 Å². The van der Waals surface area contributed by atoms with Crippen LogP contribution in [0.1, 0.15) is 18.9 Å². The lowest BCUT2D eigenvalue weighted by Crippen LogP contribution is -2.37. The molecule has 0 aliphatic carbocycles. The van der Waals surface area contributed by atoms with E-state index in [1.54, 1.807) is 0 Å². The summed E-state index contributed by atoms with van der Waals surface area (Å²) in [4.78, 5) is 4.96. The third-order valence-corrected chi connectivity index (χ3v) is 4.63. The van der Waals surface area contributed by atoms with Crippen LogP contribution in [0, 0.1) is 0 Å². The van der Waals surface area contributed by atoms with Crippen molar-refractivity contribution in [1.29, 1.82) is 0 Å². The van der Waals surface area contributed by atoms with Crippen molar-refractivity contribution < 1.29 is 0 Å². The maximum Gasteiger partial charge on any atom is 0.0461 e. The Morgan fingerprint density at radius 3 is 2.94 bits per heavy atom. The van der Waals surface area contributed by atoms with Crippen LogP contribution in [-0.2, 0) is 6.54 Å². The number of anilines is 1. The number of nitrogens with zero attached hydrogens (tertiary/aromatic N) is 2. The molecule has 1 aliphatic rings. The van der Waals surface area contributed by atoms with Crippen molar-refractivity contribution in [3.05, 3.63) is 28.2 Å². The van der Waals surface area contributed by atoms with Crippen LogP contribution in [0.2, 0.25) is 0 Å². The largest absolute Gasteiger partial charge is 0.398 e. The molecule has 0 aromatic heterocycles. The van der Waals surface area contributed by atoms with E-state index in [2.05, 4.69) is 45.8 Å². The van der Waals surface area contributed by atoms with Crippen molar-refractivity contribution >= 4 is 21.6 Å². The summed E-state index contributed by atoms with van der Waals surface area (Å²) >= 11 is 3.60. The molecule has 0 radical (unpaired) electrons. The SMILES string of the molecule is CC1CN(C)CCCN1Cc1cccc(N)c1Br. The van der Waals surface area contributed by atoms with Crippen LogP contribution in [0.5, 0.6) is 0 Å². The molecule has 1 aromatic carbocycles. The summed E-state index contributed by atoms with van der Waals surface area (Å²) in [6.45, 7) is 6.77. The van der Waals surface area contributed by atoms with Crippen LogP contribution >= 0.6 is 15.9 Å². The predicted molar refractivity (Wildman–Crippen MR) is 80.5 cm³/mol. The maximum absolute atomic E-state index is 5.94. The van der Waals surface area contributed by atoms with Gasteiger partial charge in [0.2, 0.25) is 0 Å². The summed E-state index contributed by atoms with van der Waals surface area (Å²) in [5.41, 5.74) is 8.05. The number of hydrogen-bond donors (Lipinski definition) is 1. The monoisotopic (exact) mass is 311 g/mol. The van der Waals surface area contributed by atoms with Crippen molar-refractivity contribution in [3.8, 4) is 0 Å². The molecule has 2 N–H and O–H groups in total. The van der Waals surface area contributed by atoms with Gasteiger partial charge in [-0.2, -0.15) is 0 Å². The smallest absolute Gasteiger partial charge is 0.0461 e. The Morgan fingerprint density at radius 1 is 1.39 bits per heavy atom. The molecule has 100 valence electrons. The van der Waals surface area contributed by atoms with Crippen LogP contribution in [0.25, 0.3) is 0 Å². The van der Waals surface area contributed by atoms with E-state index in [4.69, 9.17) is 5.73 Å². The number of likely N-dealkylation sites (N-methyl/N-ethyl adjacent to an activating group) is 1.